The van der Waals surface area contributed by atoms with Gasteiger partial charge < -0.3 is 10.1 Å². The number of benzene rings is 1. The Morgan fingerprint density at radius 1 is 1.42 bits per heavy atom. The van der Waals surface area contributed by atoms with Gasteiger partial charge in [-0.3, -0.25) is 0 Å². The standard InChI is InChI=1S/C14H20BrClFNO/c1-5-18-13(14(3,4)19-6-2)9-7-8-10(15)11(16)12(9)17/h7-8,13,18H,5-6H2,1-4H3. The average Bonchev–Trinajstić information content (AvgIpc) is 2.34. The summed E-state index contributed by atoms with van der Waals surface area (Å²) in [4.78, 5) is 0. The van der Waals surface area contributed by atoms with Crippen molar-refractivity contribution < 1.29 is 9.13 Å². The Morgan fingerprint density at radius 2 is 2.05 bits per heavy atom. The van der Waals surface area contributed by atoms with Crippen LogP contribution >= 0.6 is 27.5 Å². The molecule has 0 aliphatic rings. The lowest BCUT2D eigenvalue weighted by Crippen LogP contribution is -2.42. The second-order valence-corrected chi connectivity index (χ2v) is 6.02. The summed E-state index contributed by atoms with van der Waals surface area (Å²) in [5.41, 5.74) is -0.00328. The molecule has 0 radical (unpaired) electrons. The van der Waals surface area contributed by atoms with Crippen LogP contribution in [0.5, 0.6) is 0 Å². The number of ether oxygens (including phenoxy) is 1. The minimum atomic E-state index is -0.525. The monoisotopic (exact) mass is 351 g/mol. The van der Waals surface area contributed by atoms with Crippen LogP contribution in [0.4, 0.5) is 4.39 Å². The quantitative estimate of drug-likeness (QED) is 0.749. The predicted molar refractivity (Wildman–Crippen MR) is 81.2 cm³/mol. The molecule has 0 aliphatic carbocycles. The van der Waals surface area contributed by atoms with Gasteiger partial charge in [-0.25, -0.2) is 4.39 Å². The van der Waals surface area contributed by atoms with Crippen molar-refractivity contribution in [2.75, 3.05) is 13.2 Å². The Kier molecular flexibility index (Phi) is 6.24. The van der Waals surface area contributed by atoms with E-state index in [0.717, 1.165) is 0 Å². The van der Waals surface area contributed by atoms with Crippen LogP contribution in [0, 0.1) is 5.82 Å². The van der Waals surface area contributed by atoms with Crippen LogP contribution in [0.3, 0.4) is 0 Å². The molecule has 5 heteroatoms. The summed E-state index contributed by atoms with van der Waals surface area (Å²) in [7, 11) is 0. The van der Waals surface area contributed by atoms with Gasteiger partial charge in [-0.05, 0) is 49.3 Å². The first kappa shape index (κ1) is 16.9. The zero-order valence-corrected chi connectivity index (χ0v) is 14.0. The predicted octanol–water partition coefficient (Wildman–Crippen LogP) is 4.71. The van der Waals surface area contributed by atoms with Gasteiger partial charge in [0.1, 0.15) is 5.82 Å². The summed E-state index contributed by atoms with van der Waals surface area (Å²) >= 11 is 9.19. The first-order valence-electron chi connectivity index (χ1n) is 6.35. The first-order valence-corrected chi connectivity index (χ1v) is 7.53. The molecular formula is C14H20BrClFNO. The van der Waals surface area contributed by atoms with Crippen molar-refractivity contribution in [1.82, 2.24) is 5.32 Å². The molecule has 0 spiro atoms. The van der Waals surface area contributed by atoms with Crippen LogP contribution in [-0.4, -0.2) is 18.8 Å². The highest BCUT2D eigenvalue weighted by molar-refractivity contribution is 9.10. The molecule has 0 heterocycles. The van der Waals surface area contributed by atoms with Crippen LogP contribution in [0.25, 0.3) is 0 Å². The van der Waals surface area contributed by atoms with Gasteiger partial charge >= 0.3 is 0 Å². The molecule has 2 nitrogen and oxygen atoms in total. The minimum Gasteiger partial charge on any atom is -0.374 e. The Bertz CT molecular complexity index is 440. The van der Waals surface area contributed by atoms with Crippen LogP contribution in [0.1, 0.15) is 39.3 Å². The molecule has 108 valence electrons. The molecule has 0 bridgehead atoms. The van der Waals surface area contributed by atoms with Gasteiger partial charge in [-0.2, -0.15) is 0 Å². The number of likely N-dealkylation sites (N-methyl/N-ethyl adjacent to an activating group) is 1. The lowest BCUT2D eigenvalue weighted by molar-refractivity contribution is -0.0396. The van der Waals surface area contributed by atoms with Gasteiger partial charge in [0.05, 0.1) is 16.7 Å². The lowest BCUT2D eigenvalue weighted by atomic mass is 9.91. The van der Waals surface area contributed by atoms with Gasteiger partial charge in [0.25, 0.3) is 0 Å². The van der Waals surface area contributed by atoms with Crippen LogP contribution in [-0.2, 0) is 4.74 Å². The fourth-order valence-corrected chi connectivity index (χ4v) is 2.63. The number of nitrogens with one attached hydrogen (secondary N) is 1. The van der Waals surface area contributed by atoms with E-state index in [1.165, 1.54) is 0 Å². The second kappa shape index (κ2) is 7.02. The van der Waals surface area contributed by atoms with Gasteiger partial charge in [-0.1, -0.05) is 24.6 Å². The molecule has 1 unspecified atom stereocenters. The number of rotatable bonds is 6. The molecule has 0 aromatic heterocycles. The molecule has 1 aromatic carbocycles. The van der Waals surface area contributed by atoms with Crippen molar-refractivity contribution >= 4 is 27.5 Å². The minimum absolute atomic E-state index is 0.104. The van der Waals surface area contributed by atoms with E-state index >= 15 is 0 Å². The largest absolute Gasteiger partial charge is 0.374 e. The van der Waals surface area contributed by atoms with E-state index in [-0.39, 0.29) is 11.1 Å². The zero-order valence-electron chi connectivity index (χ0n) is 11.7. The maximum absolute atomic E-state index is 14.3. The third-order valence-electron chi connectivity index (χ3n) is 3.00. The van der Waals surface area contributed by atoms with Crippen molar-refractivity contribution in [3.05, 3.63) is 33.0 Å². The molecular weight excluding hydrogens is 333 g/mol. The number of halogens is 3. The smallest absolute Gasteiger partial charge is 0.147 e. The third-order valence-corrected chi connectivity index (χ3v) is 4.25. The maximum Gasteiger partial charge on any atom is 0.147 e. The van der Waals surface area contributed by atoms with Crippen molar-refractivity contribution in [2.45, 2.75) is 39.3 Å². The van der Waals surface area contributed by atoms with Crippen molar-refractivity contribution in [2.24, 2.45) is 0 Å². The fourth-order valence-electron chi connectivity index (χ4n) is 2.15. The van der Waals surface area contributed by atoms with Crippen molar-refractivity contribution in [1.29, 1.82) is 0 Å². The molecule has 0 aliphatic heterocycles. The third kappa shape index (κ3) is 3.91. The summed E-state index contributed by atoms with van der Waals surface area (Å²) in [6, 6.07) is 3.23. The summed E-state index contributed by atoms with van der Waals surface area (Å²) < 4.78 is 20.6. The molecule has 1 aromatic rings. The Balaban J connectivity index is 3.23. The first-order chi connectivity index (χ1) is 8.85. The molecule has 1 atom stereocenters. The van der Waals surface area contributed by atoms with E-state index in [2.05, 4.69) is 21.2 Å². The van der Waals surface area contributed by atoms with Crippen LogP contribution < -0.4 is 5.32 Å². The van der Waals surface area contributed by atoms with Crippen LogP contribution in [0.15, 0.2) is 16.6 Å². The lowest BCUT2D eigenvalue weighted by Gasteiger charge is -2.35. The summed E-state index contributed by atoms with van der Waals surface area (Å²) in [5.74, 6) is -0.408. The van der Waals surface area contributed by atoms with Crippen LogP contribution in [0.2, 0.25) is 5.02 Å². The molecule has 19 heavy (non-hydrogen) atoms. The maximum atomic E-state index is 14.3. The van der Waals surface area contributed by atoms with Crippen molar-refractivity contribution in [3.8, 4) is 0 Å². The normalized spacial score (nSPS) is 13.6. The highest BCUT2D eigenvalue weighted by Crippen LogP contribution is 2.35. The highest BCUT2D eigenvalue weighted by Gasteiger charge is 2.33. The van der Waals surface area contributed by atoms with Gasteiger partial charge in [0.2, 0.25) is 0 Å². The van der Waals surface area contributed by atoms with E-state index in [4.69, 9.17) is 16.3 Å². The second-order valence-electron chi connectivity index (χ2n) is 4.79. The Hall–Kier alpha value is -0.160. The van der Waals surface area contributed by atoms with Gasteiger partial charge in [-0.15, -0.1) is 0 Å². The van der Waals surface area contributed by atoms with E-state index in [9.17, 15) is 4.39 Å². The molecule has 1 N–H and O–H groups in total. The fraction of sp³-hybridized carbons (Fsp3) is 0.571. The summed E-state index contributed by atoms with van der Waals surface area (Å²) in [6.45, 7) is 9.08. The molecule has 0 amide bonds. The molecule has 0 fully saturated rings. The van der Waals surface area contributed by atoms with E-state index < -0.39 is 11.4 Å². The highest BCUT2D eigenvalue weighted by atomic mass is 79.9. The summed E-state index contributed by atoms with van der Waals surface area (Å²) in [5, 5.41) is 3.38. The molecule has 0 saturated carbocycles. The molecule has 0 saturated heterocycles. The Labute approximate surface area is 127 Å². The average molecular weight is 353 g/mol. The van der Waals surface area contributed by atoms with Gasteiger partial charge in [0.15, 0.2) is 0 Å². The van der Waals surface area contributed by atoms with E-state index in [0.29, 0.717) is 23.2 Å². The number of hydrogen-bond donors (Lipinski definition) is 1. The topological polar surface area (TPSA) is 21.3 Å². The van der Waals surface area contributed by atoms with Crippen molar-refractivity contribution in [3.63, 3.8) is 0 Å². The molecule has 1 rings (SSSR count). The van der Waals surface area contributed by atoms with E-state index in [1.807, 2.05) is 27.7 Å². The Morgan fingerprint density at radius 3 is 2.58 bits per heavy atom. The number of hydrogen-bond acceptors (Lipinski definition) is 2. The van der Waals surface area contributed by atoms with E-state index in [1.54, 1.807) is 12.1 Å². The summed E-state index contributed by atoms with van der Waals surface area (Å²) in [6.07, 6.45) is 0. The zero-order chi connectivity index (χ0) is 14.6. The SMILES string of the molecule is CCNC(c1ccc(Br)c(Cl)c1F)C(C)(C)OCC. The van der Waals surface area contributed by atoms with Gasteiger partial charge in [0, 0.05) is 16.6 Å².